The summed E-state index contributed by atoms with van der Waals surface area (Å²) < 4.78 is 20.8. The van der Waals surface area contributed by atoms with Gasteiger partial charge in [0.15, 0.2) is 6.61 Å². The number of carbonyl (C=O) groups is 1. The van der Waals surface area contributed by atoms with Crippen LogP contribution in [0, 0.1) is 12.7 Å². The van der Waals surface area contributed by atoms with Crippen LogP contribution in [0.1, 0.15) is 24.6 Å². The number of halogens is 1. The van der Waals surface area contributed by atoms with Crippen molar-refractivity contribution in [3.63, 3.8) is 0 Å². The third-order valence-electron chi connectivity index (χ3n) is 5.30. The number of imidazole rings is 1. The number of benzene rings is 2. The molecule has 1 aliphatic heterocycles. The third kappa shape index (κ3) is 4.31. The molecular weight excluding hydrogens is 369 g/mol. The Morgan fingerprint density at radius 3 is 2.69 bits per heavy atom. The molecule has 0 saturated carbocycles. The summed E-state index contributed by atoms with van der Waals surface area (Å²) in [6.45, 7) is 3.35. The first-order chi connectivity index (χ1) is 14.1. The van der Waals surface area contributed by atoms with Crippen molar-refractivity contribution in [3.8, 4) is 17.1 Å². The summed E-state index contributed by atoms with van der Waals surface area (Å²) in [5, 5.41) is 0. The van der Waals surface area contributed by atoms with E-state index < -0.39 is 0 Å². The maximum Gasteiger partial charge on any atom is 0.260 e. The minimum absolute atomic E-state index is 0.0488. The standard InChI is InChI=1S/C23H24FN3O2/c1-17-14-25-23(18-6-3-2-4-7-18)27(17)20-8-5-13-26(15-20)22(28)16-29-21-11-9-19(24)10-12-21/h2-4,6-7,9-12,14,20H,5,8,13,15-16H2,1H3. The predicted octanol–water partition coefficient (Wildman–Crippen LogP) is 4.24. The van der Waals surface area contributed by atoms with Crippen molar-refractivity contribution in [3.05, 3.63) is 72.3 Å². The molecule has 6 heteroatoms. The van der Waals surface area contributed by atoms with Gasteiger partial charge in [-0.2, -0.15) is 0 Å². The van der Waals surface area contributed by atoms with Crippen LogP contribution in [0.2, 0.25) is 0 Å². The Morgan fingerprint density at radius 2 is 1.93 bits per heavy atom. The average molecular weight is 393 g/mol. The van der Waals surface area contributed by atoms with Gasteiger partial charge in [-0.1, -0.05) is 30.3 Å². The molecule has 29 heavy (non-hydrogen) atoms. The van der Waals surface area contributed by atoms with Gasteiger partial charge in [-0.3, -0.25) is 4.79 Å². The van der Waals surface area contributed by atoms with Gasteiger partial charge in [0, 0.05) is 30.5 Å². The Bertz CT molecular complexity index is 970. The Labute approximate surface area is 169 Å². The van der Waals surface area contributed by atoms with Crippen molar-refractivity contribution in [1.82, 2.24) is 14.5 Å². The number of likely N-dealkylation sites (tertiary alicyclic amines) is 1. The second kappa shape index (κ2) is 8.47. The minimum atomic E-state index is -0.326. The molecule has 2 aromatic carbocycles. The van der Waals surface area contributed by atoms with E-state index >= 15 is 0 Å². The van der Waals surface area contributed by atoms with Crippen molar-refractivity contribution < 1.29 is 13.9 Å². The van der Waals surface area contributed by atoms with Gasteiger partial charge in [0.2, 0.25) is 0 Å². The number of aromatic nitrogens is 2. The summed E-state index contributed by atoms with van der Waals surface area (Å²) in [7, 11) is 0. The molecule has 2 heterocycles. The highest BCUT2D eigenvalue weighted by molar-refractivity contribution is 5.78. The van der Waals surface area contributed by atoms with Gasteiger partial charge in [0.25, 0.3) is 5.91 Å². The Kier molecular flexibility index (Phi) is 5.60. The molecule has 0 bridgehead atoms. The zero-order valence-electron chi connectivity index (χ0n) is 16.4. The maximum absolute atomic E-state index is 13.0. The number of nitrogens with zero attached hydrogens (tertiary/aromatic N) is 3. The van der Waals surface area contributed by atoms with Crippen LogP contribution in [-0.2, 0) is 4.79 Å². The molecule has 150 valence electrons. The fourth-order valence-electron chi connectivity index (χ4n) is 3.87. The van der Waals surface area contributed by atoms with E-state index in [1.54, 1.807) is 0 Å². The Balaban J connectivity index is 1.45. The summed E-state index contributed by atoms with van der Waals surface area (Å²) in [6, 6.07) is 16.0. The van der Waals surface area contributed by atoms with Gasteiger partial charge < -0.3 is 14.2 Å². The van der Waals surface area contributed by atoms with Crippen molar-refractivity contribution >= 4 is 5.91 Å². The summed E-state index contributed by atoms with van der Waals surface area (Å²) in [5.41, 5.74) is 2.16. The zero-order valence-corrected chi connectivity index (χ0v) is 16.4. The molecule has 3 aromatic rings. The fourth-order valence-corrected chi connectivity index (χ4v) is 3.87. The average Bonchev–Trinajstić information content (AvgIpc) is 3.15. The van der Waals surface area contributed by atoms with E-state index in [-0.39, 0.29) is 24.4 Å². The maximum atomic E-state index is 13.0. The van der Waals surface area contributed by atoms with E-state index in [1.807, 2.05) is 29.3 Å². The van der Waals surface area contributed by atoms with Crippen LogP contribution in [0.25, 0.3) is 11.4 Å². The topological polar surface area (TPSA) is 47.4 Å². The van der Waals surface area contributed by atoms with Crippen LogP contribution in [0.3, 0.4) is 0 Å². The first-order valence-electron chi connectivity index (χ1n) is 9.87. The summed E-state index contributed by atoms with van der Waals surface area (Å²) in [5.74, 6) is 1.04. The normalized spacial score (nSPS) is 16.6. The van der Waals surface area contributed by atoms with Crippen LogP contribution >= 0.6 is 0 Å². The highest BCUT2D eigenvalue weighted by atomic mass is 19.1. The van der Waals surface area contributed by atoms with Crippen LogP contribution in [0.5, 0.6) is 5.75 Å². The second-order valence-corrected chi connectivity index (χ2v) is 7.34. The number of ether oxygens (including phenoxy) is 1. The van der Waals surface area contributed by atoms with E-state index in [2.05, 4.69) is 28.6 Å². The number of aryl methyl sites for hydroxylation is 1. The molecular formula is C23H24FN3O2. The van der Waals surface area contributed by atoms with Crippen molar-refractivity contribution in [2.45, 2.75) is 25.8 Å². The number of hydrogen-bond acceptors (Lipinski definition) is 3. The lowest BCUT2D eigenvalue weighted by Gasteiger charge is -2.34. The predicted molar refractivity (Wildman–Crippen MR) is 109 cm³/mol. The highest BCUT2D eigenvalue weighted by Gasteiger charge is 2.27. The van der Waals surface area contributed by atoms with Crippen LogP contribution in [0.4, 0.5) is 4.39 Å². The highest BCUT2D eigenvalue weighted by Crippen LogP contribution is 2.29. The molecule has 1 atom stereocenters. The molecule has 0 radical (unpaired) electrons. The molecule has 0 spiro atoms. The number of amides is 1. The van der Waals surface area contributed by atoms with Crippen LogP contribution in [0.15, 0.2) is 60.8 Å². The molecule has 0 N–H and O–H groups in total. The largest absolute Gasteiger partial charge is 0.484 e. The first-order valence-corrected chi connectivity index (χ1v) is 9.87. The van der Waals surface area contributed by atoms with Gasteiger partial charge in [0.1, 0.15) is 17.4 Å². The Morgan fingerprint density at radius 1 is 1.17 bits per heavy atom. The lowest BCUT2D eigenvalue weighted by Crippen LogP contribution is -2.43. The number of hydrogen-bond donors (Lipinski definition) is 0. The van der Waals surface area contributed by atoms with Crippen molar-refractivity contribution in [2.75, 3.05) is 19.7 Å². The number of carbonyl (C=O) groups excluding carboxylic acids is 1. The van der Waals surface area contributed by atoms with Gasteiger partial charge in [0.05, 0.1) is 6.04 Å². The first kappa shape index (κ1) is 19.2. The monoisotopic (exact) mass is 393 g/mol. The minimum Gasteiger partial charge on any atom is -0.484 e. The van der Waals surface area contributed by atoms with Gasteiger partial charge >= 0.3 is 0 Å². The quantitative estimate of drug-likeness (QED) is 0.651. The zero-order chi connectivity index (χ0) is 20.2. The summed E-state index contributed by atoms with van der Waals surface area (Å²) in [4.78, 5) is 19.2. The van der Waals surface area contributed by atoms with Crippen molar-refractivity contribution in [1.29, 1.82) is 0 Å². The molecule has 0 aliphatic carbocycles. The Hall–Kier alpha value is -3.15. The molecule has 1 saturated heterocycles. The van der Waals surface area contributed by atoms with E-state index in [9.17, 15) is 9.18 Å². The number of rotatable bonds is 5. The van der Waals surface area contributed by atoms with E-state index in [0.29, 0.717) is 12.3 Å². The van der Waals surface area contributed by atoms with E-state index in [4.69, 9.17) is 4.74 Å². The van der Waals surface area contributed by atoms with E-state index in [0.717, 1.165) is 36.5 Å². The van der Waals surface area contributed by atoms with Gasteiger partial charge in [-0.25, -0.2) is 9.37 Å². The lowest BCUT2D eigenvalue weighted by molar-refractivity contribution is -0.135. The molecule has 4 rings (SSSR count). The molecule has 1 unspecified atom stereocenters. The summed E-state index contributed by atoms with van der Waals surface area (Å²) in [6.07, 6.45) is 3.82. The molecule has 1 amide bonds. The van der Waals surface area contributed by atoms with Gasteiger partial charge in [-0.15, -0.1) is 0 Å². The molecule has 1 aliphatic rings. The number of piperidine rings is 1. The fraction of sp³-hybridized carbons (Fsp3) is 0.304. The lowest BCUT2D eigenvalue weighted by atomic mass is 10.0. The van der Waals surface area contributed by atoms with Crippen LogP contribution < -0.4 is 4.74 Å². The molecule has 5 nitrogen and oxygen atoms in total. The second-order valence-electron chi connectivity index (χ2n) is 7.34. The van der Waals surface area contributed by atoms with Gasteiger partial charge in [-0.05, 0) is 44.0 Å². The van der Waals surface area contributed by atoms with Crippen molar-refractivity contribution in [2.24, 2.45) is 0 Å². The van der Waals surface area contributed by atoms with Crippen LogP contribution in [-0.4, -0.2) is 40.1 Å². The molecule has 1 aromatic heterocycles. The SMILES string of the molecule is Cc1cnc(-c2ccccc2)n1C1CCCN(C(=O)COc2ccc(F)cc2)C1. The summed E-state index contributed by atoms with van der Waals surface area (Å²) >= 11 is 0. The smallest absolute Gasteiger partial charge is 0.260 e. The molecule has 1 fully saturated rings. The van der Waals surface area contributed by atoms with E-state index in [1.165, 1.54) is 24.3 Å². The third-order valence-corrected chi connectivity index (χ3v) is 5.30.